The third kappa shape index (κ3) is 8.51. The fraction of sp³-hybridized carbons (Fsp3) is 0.345. The maximum Gasteiger partial charge on any atom is 0.237 e. The van der Waals surface area contributed by atoms with Crippen LogP contribution in [0, 0.1) is 24.4 Å². The summed E-state index contributed by atoms with van der Waals surface area (Å²) in [5.41, 5.74) is 1.48. The number of aryl methyl sites for hydroxylation is 1. The second-order valence-electron chi connectivity index (χ2n) is 10.3. The van der Waals surface area contributed by atoms with Crippen LogP contribution in [0.5, 0.6) is 0 Å². The third-order valence-electron chi connectivity index (χ3n) is 6.55. The van der Waals surface area contributed by atoms with Gasteiger partial charge in [0.25, 0.3) is 0 Å². The van der Waals surface area contributed by atoms with Crippen LogP contribution in [0.4, 0.5) is 24.8 Å². The highest BCUT2D eigenvalue weighted by Gasteiger charge is 2.20. The number of benzene rings is 2. The van der Waals surface area contributed by atoms with Gasteiger partial charge < -0.3 is 10.2 Å². The second-order valence-corrected chi connectivity index (χ2v) is 13.1. The molecule has 2 aromatic heterocycles. The Morgan fingerprint density at radius 3 is 2.43 bits per heavy atom. The van der Waals surface area contributed by atoms with Crippen molar-refractivity contribution < 1.29 is 21.6 Å². The summed E-state index contributed by atoms with van der Waals surface area (Å²) in [6.45, 7) is 2.79. The number of sulfonamides is 1. The van der Waals surface area contributed by atoms with Crippen molar-refractivity contribution in [3.63, 3.8) is 0 Å². The summed E-state index contributed by atoms with van der Waals surface area (Å²) in [4.78, 5) is 15.7. The number of hydrogen-bond acceptors (Lipinski definition) is 7. The zero-order valence-electron chi connectivity index (χ0n) is 23.5. The zero-order chi connectivity index (χ0) is 30.4. The molecule has 0 bridgehead atoms. The molecule has 13 heteroatoms. The Balaban J connectivity index is 1.54. The average molecular weight is 713 g/mol. The molecule has 4 rings (SSSR count). The van der Waals surface area contributed by atoms with Crippen molar-refractivity contribution in [2.24, 2.45) is 0 Å². The fourth-order valence-corrected chi connectivity index (χ4v) is 6.42. The van der Waals surface area contributed by atoms with Gasteiger partial charge in [0.15, 0.2) is 0 Å². The second kappa shape index (κ2) is 14.0. The van der Waals surface area contributed by atoms with Crippen molar-refractivity contribution >= 4 is 55.3 Å². The van der Waals surface area contributed by atoms with E-state index in [-0.39, 0.29) is 17.3 Å². The van der Waals surface area contributed by atoms with Gasteiger partial charge in [0.05, 0.1) is 28.8 Å². The average Bonchev–Trinajstić information content (AvgIpc) is 2.91. The predicted octanol–water partition coefficient (Wildman–Crippen LogP) is 6.31. The number of anilines is 2. The number of fused-ring (bicyclic) bond motifs is 1. The van der Waals surface area contributed by atoms with Crippen LogP contribution in [0.25, 0.3) is 22.3 Å². The van der Waals surface area contributed by atoms with Crippen molar-refractivity contribution in [1.82, 2.24) is 19.9 Å². The minimum absolute atomic E-state index is 0.135. The molecule has 42 heavy (non-hydrogen) atoms. The summed E-state index contributed by atoms with van der Waals surface area (Å²) in [6, 6.07) is 8.36. The number of halogens is 4. The molecule has 224 valence electrons. The molecule has 2 heterocycles. The summed E-state index contributed by atoms with van der Waals surface area (Å²) < 4.78 is 71.5. The van der Waals surface area contributed by atoms with Crippen molar-refractivity contribution in [3.05, 3.63) is 77.2 Å². The van der Waals surface area contributed by atoms with Crippen LogP contribution in [-0.2, 0) is 15.8 Å². The first kappa shape index (κ1) is 31.9. The Kier molecular flexibility index (Phi) is 10.6. The molecule has 2 aromatic carbocycles. The first-order valence-electron chi connectivity index (χ1n) is 13.3. The lowest BCUT2D eigenvalue weighted by molar-refractivity contribution is 0.386. The van der Waals surface area contributed by atoms with Crippen molar-refractivity contribution in [1.29, 1.82) is 0 Å². The lowest BCUT2D eigenvalue weighted by Gasteiger charge is -2.19. The quantitative estimate of drug-likeness (QED) is 0.124. The Labute approximate surface area is 257 Å². The highest BCUT2D eigenvalue weighted by atomic mass is 127. The number of pyridine rings is 1. The summed E-state index contributed by atoms with van der Waals surface area (Å²) in [6.07, 6.45) is 4.53. The van der Waals surface area contributed by atoms with Gasteiger partial charge in [-0.1, -0.05) is 34.7 Å². The Morgan fingerprint density at radius 2 is 1.74 bits per heavy atom. The van der Waals surface area contributed by atoms with Gasteiger partial charge in [-0.3, -0.25) is 4.72 Å². The Morgan fingerprint density at radius 1 is 1.00 bits per heavy atom. The van der Waals surface area contributed by atoms with E-state index < -0.39 is 38.9 Å². The third-order valence-corrected chi connectivity index (χ3v) is 8.42. The van der Waals surface area contributed by atoms with Gasteiger partial charge in [0, 0.05) is 22.1 Å². The maximum atomic E-state index is 15.2. The van der Waals surface area contributed by atoms with Gasteiger partial charge in [0.1, 0.15) is 23.0 Å². The lowest BCUT2D eigenvalue weighted by atomic mass is 10.1. The molecule has 0 unspecified atom stereocenters. The van der Waals surface area contributed by atoms with Crippen LogP contribution in [-0.4, -0.2) is 59.4 Å². The van der Waals surface area contributed by atoms with E-state index >= 15 is 8.78 Å². The molecule has 0 saturated heterocycles. The highest BCUT2D eigenvalue weighted by molar-refractivity contribution is 14.1. The molecule has 0 spiro atoms. The summed E-state index contributed by atoms with van der Waals surface area (Å²) in [7, 11) is -0.00468. The van der Waals surface area contributed by atoms with E-state index in [1.165, 1.54) is 12.1 Å². The molecule has 0 saturated carbocycles. The van der Waals surface area contributed by atoms with E-state index in [2.05, 4.69) is 52.5 Å². The number of nitrogens with zero attached hydrogens (tertiary/aromatic N) is 4. The Bertz CT molecular complexity index is 1660. The molecule has 0 amide bonds. The molecule has 0 aliphatic rings. The van der Waals surface area contributed by atoms with Crippen LogP contribution in [0.15, 0.2) is 48.7 Å². The molecule has 2 N–H and O–H groups in total. The van der Waals surface area contributed by atoms with Gasteiger partial charge >= 0.3 is 0 Å². The first-order chi connectivity index (χ1) is 19.9. The van der Waals surface area contributed by atoms with Crippen molar-refractivity contribution in [2.45, 2.75) is 38.0 Å². The highest BCUT2D eigenvalue weighted by Crippen LogP contribution is 2.30. The minimum atomic E-state index is -4.10. The van der Waals surface area contributed by atoms with Crippen LogP contribution in [0.1, 0.15) is 30.4 Å². The van der Waals surface area contributed by atoms with Crippen molar-refractivity contribution in [3.8, 4) is 11.3 Å². The standard InChI is InChI=1S/C29H32F3IN6O2S/c1-18-13-25(36-27-16-34-29(37-28(18)27)35-21(10-11-33)5-4-12-39(2)3)22-14-24(32)26(15-23(22)31)38-42(40,41)17-19-6-8-20(30)9-7-19/h6-9,13-16,21,38H,4-5,10-12,17H2,1-3H3,(H,34,35,37)/t21-/m0/s1. The SMILES string of the molecule is Cc1cc(-c2cc(F)c(NS(=O)(=O)Cc3ccc(F)cc3)cc2F)nc2cnc(N[C@H](CCI)CCCN(C)C)nc12. The number of alkyl halides is 1. The molecule has 0 radical (unpaired) electrons. The largest absolute Gasteiger partial charge is 0.351 e. The molecular formula is C29H32F3IN6O2S. The topological polar surface area (TPSA) is 100 Å². The van der Waals surface area contributed by atoms with E-state index in [9.17, 15) is 12.8 Å². The Hall–Kier alpha value is -3.04. The predicted molar refractivity (Wildman–Crippen MR) is 169 cm³/mol. The zero-order valence-corrected chi connectivity index (χ0v) is 26.4. The number of rotatable bonds is 13. The lowest BCUT2D eigenvalue weighted by Crippen LogP contribution is -2.23. The van der Waals surface area contributed by atoms with Crippen LogP contribution in [0.3, 0.4) is 0 Å². The molecule has 0 fully saturated rings. The number of hydrogen-bond donors (Lipinski definition) is 2. The number of nitrogens with one attached hydrogen (secondary N) is 2. The summed E-state index contributed by atoms with van der Waals surface area (Å²) >= 11 is 2.35. The summed E-state index contributed by atoms with van der Waals surface area (Å²) in [5.74, 6) is -2.40. The molecule has 0 aliphatic heterocycles. The van der Waals surface area contributed by atoms with E-state index in [0.29, 0.717) is 28.1 Å². The molecule has 1 atom stereocenters. The van der Waals surface area contributed by atoms with Gasteiger partial charge in [-0.2, -0.15) is 0 Å². The van der Waals surface area contributed by atoms with Gasteiger partial charge in [-0.25, -0.2) is 36.5 Å². The smallest absolute Gasteiger partial charge is 0.237 e. The molecule has 0 aliphatic carbocycles. The van der Waals surface area contributed by atoms with Gasteiger partial charge in [0.2, 0.25) is 16.0 Å². The monoisotopic (exact) mass is 712 g/mol. The summed E-state index contributed by atoms with van der Waals surface area (Å²) in [5, 5.41) is 3.42. The first-order valence-corrected chi connectivity index (χ1v) is 16.5. The fourth-order valence-electron chi connectivity index (χ4n) is 4.47. The molecular weight excluding hydrogens is 680 g/mol. The molecule has 8 nitrogen and oxygen atoms in total. The van der Waals surface area contributed by atoms with Gasteiger partial charge in [-0.15, -0.1) is 0 Å². The van der Waals surface area contributed by atoms with Crippen molar-refractivity contribution in [2.75, 3.05) is 35.1 Å². The minimum Gasteiger partial charge on any atom is -0.351 e. The van der Waals surface area contributed by atoms with E-state index in [1.54, 1.807) is 19.2 Å². The maximum absolute atomic E-state index is 15.2. The normalized spacial score (nSPS) is 12.6. The van der Waals surface area contributed by atoms with E-state index in [0.717, 1.165) is 54.5 Å². The van der Waals surface area contributed by atoms with E-state index in [1.807, 2.05) is 14.1 Å². The molecule has 4 aromatic rings. The van der Waals surface area contributed by atoms with E-state index in [4.69, 9.17) is 0 Å². The van der Waals surface area contributed by atoms with Gasteiger partial charge in [-0.05, 0) is 82.2 Å². The van der Waals surface area contributed by atoms with Crippen LogP contribution >= 0.6 is 22.6 Å². The number of aromatic nitrogens is 3. The van der Waals surface area contributed by atoms with Crippen LogP contribution in [0.2, 0.25) is 0 Å². The van der Waals surface area contributed by atoms with Crippen LogP contribution < -0.4 is 10.0 Å².